The summed E-state index contributed by atoms with van der Waals surface area (Å²) in [7, 11) is 0. The number of hydrogen-bond donors (Lipinski definition) is 2. The molecule has 2 rings (SSSR count). The van der Waals surface area contributed by atoms with Gasteiger partial charge in [0.1, 0.15) is 5.69 Å². The molecule has 0 saturated heterocycles. The van der Waals surface area contributed by atoms with E-state index in [0.29, 0.717) is 12.1 Å². The Balaban J connectivity index is 2.07. The molecule has 0 aliphatic rings. The molecule has 110 valence electrons. The number of benzene rings is 1. The fraction of sp³-hybridized carbons (Fsp3) is 0.214. The summed E-state index contributed by atoms with van der Waals surface area (Å²) in [5.74, 6) is -0.299. The van der Waals surface area contributed by atoms with Crippen molar-refractivity contribution in [1.82, 2.24) is 5.32 Å². The van der Waals surface area contributed by atoms with Gasteiger partial charge in [0.2, 0.25) is 0 Å². The Morgan fingerprint density at radius 2 is 2.19 bits per heavy atom. The van der Waals surface area contributed by atoms with Gasteiger partial charge in [-0.1, -0.05) is 6.92 Å². The number of carbonyl (C=O) groups is 1. The minimum absolute atomic E-state index is 0.0157. The highest BCUT2D eigenvalue weighted by atomic mass is 32.1. The molecule has 1 heterocycles. The minimum Gasteiger partial charge on any atom is -0.393 e. The lowest BCUT2D eigenvalue weighted by Crippen LogP contribution is -2.23. The van der Waals surface area contributed by atoms with Crippen LogP contribution in [0.25, 0.3) is 0 Å². The van der Waals surface area contributed by atoms with E-state index in [0.717, 1.165) is 11.3 Å². The van der Waals surface area contributed by atoms with Crippen LogP contribution in [0.2, 0.25) is 0 Å². The molecule has 1 amide bonds. The minimum atomic E-state index is -0.573. The Labute approximate surface area is 125 Å². The second-order valence-corrected chi connectivity index (χ2v) is 5.44. The van der Waals surface area contributed by atoms with E-state index >= 15 is 0 Å². The summed E-state index contributed by atoms with van der Waals surface area (Å²) >= 11 is 1.59. The van der Waals surface area contributed by atoms with E-state index in [4.69, 9.17) is 5.73 Å². The zero-order chi connectivity index (χ0) is 15.4. The first-order valence-electron chi connectivity index (χ1n) is 6.40. The fourth-order valence-corrected chi connectivity index (χ4v) is 2.88. The highest BCUT2D eigenvalue weighted by Gasteiger charge is 2.14. The molecule has 0 radical (unpaired) electrons. The molecule has 0 bridgehead atoms. The summed E-state index contributed by atoms with van der Waals surface area (Å²) in [6.07, 6.45) is 0.916. The topological polar surface area (TPSA) is 98.3 Å². The van der Waals surface area contributed by atoms with E-state index < -0.39 is 4.92 Å². The van der Waals surface area contributed by atoms with Crippen LogP contribution >= 0.6 is 11.3 Å². The number of anilines is 1. The normalized spacial score (nSPS) is 10.3. The molecule has 2 aromatic rings. The van der Waals surface area contributed by atoms with Crippen molar-refractivity contribution in [2.45, 2.75) is 19.9 Å². The SMILES string of the molecule is CCc1ccsc1CNC(=O)c1ccc([N+](=O)[O-])c(N)c1. The lowest BCUT2D eigenvalue weighted by atomic mass is 10.1. The lowest BCUT2D eigenvalue weighted by Gasteiger charge is -2.06. The third-order valence-corrected chi connectivity index (χ3v) is 4.08. The number of nitrogen functional groups attached to an aromatic ring is 1. The van der Waals surface area contributed by atoms with Crippen molar-refractivity contribution in [3.63, 3.8) is 0 Å². The van der Waals surface area contributed by atoms with Gasteiger partial charge in [-0.05, 0) is 35.6 Å². The maximum Gasteiger partial charge on any atom is 0.292 e. The van der Waals surface area contributed by atoms with Crippen LogP contribution in [0.1, 0.15) is 27.7 Å². The second kappa shape index (κ2) is 6.36. The summed E-state index contributed by atoms with van der Waals surface area (Å²) in [6.45, 7) is 2.50. The Hall–Kier alpha value is -2.41. The Kier molecular flexibility index (Phi) is 4.54. The van der Waals surface area contributed by atoms with Crippen LogP contribution in [0, 0.1) is 10.1 Å². The number of nitrogens with zero attached hydrogens (tertiary/aromatic N) is 1. The zero-order valence-corrected chi connectivity index (χ0v) is 12.3. The molecule has 7 heteroatoms. The summed E-state index contributed by atoms with van der Waals surface area (Å²) < 4.78 is 0. The van der Waals surface area contributed by atoms with E-state index in [9.17, 15) is 14.9 Å². The summed E-state index contributed by atoms with van der Waals surface area (Å²) in [5, 5.41) is 15.5. The number of rotatable bonds is 5. The van der Waals surface area contributed by atoms with Gasteiger partial charge in [-0.25, -0.2) is 0 Å². The van der Waals surface area contributed by atoms with Gasteiger partial charge in [-0.15, -0.1) is 11.3 Å². The van der Waals surface area contributed by atoms with E-state index in [1.54, 1.807) is 11.3 Å². The molecule has 0 atom stereocenters. The zero-order valence-electron chi connectivity index (χ0n) is 11.5. The third kappa shape index (κ3) is 3.38. The van der Waals surface area contributed by atoms with Crippen molar-refractivity contribution >= 4 is 28.6 Å². The Morgan fingerprint density at radius 3 is 2.81 bits per heavy atom. The maximum atomic E-state index is 12.0. The molecule has 0 unspecified atom stereocenters. The fourth-order valence-electron chi connectivity index (χ4n) is 1.96. The first-order chi connectivity index (χ1) is 10.0. The standard InChI is InChI=1S/C14H15N3O3S/c1-2-9-5-6-21-13(9)8-16-14(18)10-3-4-12(17(19)20)11(15)7-10/h3-7H,2,8,15H2,1H3,(H,16,18). The van der Waals surface area contributed by atoms with Crippen LogP contribution < -0.4 is 11.1 Å². The van der Waals surface area contributed by atoms with Crippen molar-refractivity contribution < 1.29 is 9.72 Å². The molecule has 0 aliphatic heterocycles. The summed E-state index contributed by atoms with van der Waals surface area (Å²) in [6, 6.07) is 6.00. The van der Waals surface area contributed by atoms with Gasteiger partial charge in [0, 0.05) is 16.5 Å². The van der Waals surface area contributed by atoms with E-state index in [1.165, 1.54) is 23.8 Å². The Bertz CT molecular complexity index is 682. The number of carbonyl (C=O) groups excluding carboxylic acids is 1. The number of aryl methyl sites for hydroxylation is 1. The van der Waals surface area contributed by atoms with Gasteiger partial charge in [-0.3, -0.25) is 14.9 Å². The first kappa shape index (κ1) is 15.0. The molecule has 0 saturated carbocycles. The number of nitro benzene ring substituents is 1. The van der Waals surface area contributed by atoms with Gasteiger partial charge in [-0.2, -0.15) is 0 Å². The van der Waals surface area contributed by atoms with Gasteiger partial charge in [0.25, 0.3) is 11.6 Å². The average Bonchev–Trinajstić information content (AvgIpc) is 2.91. The molecule has 1 aromatic carbocycles. The Morgan fingerprint density at radius 1 is 1.43 bits per heavy atom. The van der Waals surface area contributed by atoms with Crippen molar-refractivity contribution in [1.29, 1.82) is 0 Å². The van der Waals surface area contributed by atoms with E-state index in [2.05, 4.69) is 12.2 Å². The van der Waals surface area contributed by atoms with Crippen LogP contribution in [0.4, 0.5) is 11.4 Å². The molecular formula is C14H15N3O3S. The van der Waals surface area contributed by atoms with Crippen LogP contribution in [-0.2, 0) is 13.0 Å². The van der Waals surface area contributed by atoms with E-state index in [1.807, 2.05) is 11.4 Å². The molecule has 0 fully saturated rings. The summed E-state index contributed by atoms with van der Waals surface area (Å²) in [5.41, 5.74) is 6.89. The van der Waals surface area contributed by atoms with Gasteiger partial charge >= 0.3 is 0 Å². The van der Waals surface area contributed by atoms with Crippen LogP contribution in [0.5, 0.6) is 0 Å². The largest absolute Gasteiger partial charge is 0.393 e. The average molecular weight is 305 g/mol. The third-order valence-electron chi connectivity index (χ3n) is 3.11. The molecule has 6 nitrogen and oxygen atoms in total. The second-order valence-electron chi connectivity index (χ2n) is 4.44. The predicted molar refractivity (Wildman–Crippen MR) is 82.4 cm³/mol. The van der Waals surface area contributed by atoms with Gasteiger partial charge in [0.05, 0.1) is 11.5 Å². The van der Waals surface area contributed by atoms with Crippen LogP contribution in [0.3, 0.4) is 0 Å². The summed E-state index contributed by atoms with van der Waals surface area (Å²) in [4.78, 5) is 23.3. The van der Waals surface area contributed by atoms with Gasteiger partial charge in [0.15, 0.2) is 0 Å². The maximum absolute atomic E-state index is 12.0. The number of amides is 1. The first-order valence-corrected chi connectivity index (χ1v) is 7.28. The smallest absolute Gasteiger partial charge is 0.292 e. The number of nitrogens with two attached hydrogens (primary N) is 1. The number of nitrogens with one attached hydrogen (secondary N) is 1. The lowest BCUT2D eigenvalue weighted by molar-refractivity contribution is -0.383. The van der Waals surface area contributed by atoms with Crippen LogP contribution in [0.15, 0.2) is 29.6 Å². The van der Waals surface area contributed by atoms with Crippen molar-refractivity contribution in [3.05, 3.63) is 55.8 Å². The predicted octanol–water partition coefficient (Wildman–Crippen LogP) is 2.73. The monoisotopic (exact) mass is 305 g/mol. The highest BCUT2D eigenvalue weighted by Crippen LogP contribution is 2.22. The van der Waals surface area contributed by atoms with Crippen LogP contribution in [-0.4, -0.2) is 10.8 Å². The molecule has 3 N–H and O–H groups in total. The number of hydrogen-bond acceptors (Lipinski definition) is 5. The van der Waals surface area contributed by atoms with E-state index in [-0.39, 0.29) is 17.3 Å². The van der Waals surface area contributed by atoms with Crippen molar-refractivity contribution in [3.8, 4) is 0 Å². The molecule has 0 spiro atoms. The highest BCUT2D eigenvalue weighted by molar-refractivity contribution is 7.10. The molecular weight excluding hydrogens is 290 g/mol. The van der Waals surface area contributed by atoms with Gasteiger partial charge < -0.3 is 11.1 Å². The van der Waals surface area contributed by atoms with Crippen molar-refractivity contribution in [2.24, 2.45) is 0 Å². The van der Waals surface area contributed by atoms with Crippen molar-refractivity contribution in [2.75, 3.05) is 5.73 Å². The quantitative estimate of drug-likeness (QED) is 0.504. The molecule has 21 heavy (non-hydrogen) atoms. The molecule has 1 aromatic heterocycles. The number of nitro groups is 1. The number of thiophene rings is 1. The molecule has 0 aliphatic carbocycles.